The van der Waals surface area contributed by atoms with Crippen LogP contribution in [0.3, 0.4) is 0 Å². The second-order valence-corrected chi connectivity index (χ2v) is 8.49. The Labute approximate surface area is 176 Å². The molecule has 0 spiro atoms. The molecule has 30 heavy (non-hydrogen) atoms. The first-order valence-corrected chi connectivity index (χ1v) is 10.7. The van der Waals surface area contributed by atoms with Crippen molar-refractivity contribution in [2.75, 3.05) is 19.0 Å². The van der Waals surface area contributed by atoms with Crippen LogP contribution in [0.4, 0.5) is 5.69 Å². The molecular formula is C21H26N2O6S. The number of methoxy groups -OCH3 is 1. The first-order valence-electron chi connectivity index (χ1n) is 9.32. The van der Waals surface area contributed by atoms with E-state index in [2.05, 4.69) is 5.32 Å². The first-order chi connectivity index (χ1) is 14.1. The van der Waals surface area contributed by atoms with Gasteiger partial charge in [-0.15, -0.1) is 0 Å². The van der Waals surface area contributed by atoms with Crippen LogP contribution in [-0.4, -0.2) is 44.9 Å². The van der Waals surface area contributed by atoms with Gasteiger partial charge in [0.15, 0.2) is 0 Å². The highest BCUT2D eigenvalue weighted by Gasteiger charge is 2.19. The predicted molar refractivity (Wildman–Crippen MR) is 113 cm³/mol. The zero-order valence-electron chi connectivity index (χ0n) is 17.4. The Morgan fingerprint density at radius 1 is 1.10 bits per heavy atom. The maximum atomic E-state index is 12.6. The van der Waals surface area contributed by atoms with Crippen LogP contribution in [0.5, 0.6) is 5.75 Å². The second kappa shape index (κ2) is 10.2. The standard InChI is InChI=1S/C21H26N2O6S/c1-15(2)23(21(25)14-28-4)13-17-6-5-7-19(12-17)29-30(26,27)20-10-8-18(9-11-20)22-16(3)24/h5-12,15H,13-14H2,1-4H3,(H,22,24). The minimum atomic E-state index is -4.06. The summed E-state index contributed by atoms with van der Waals surface area (Å²) in [5.74, 6) is -0.273. The summed E-state index contributed by atoms with van der Waals surface area (Å²) in [4.78, 5) is 24.9. The highest BCUT2D eigenvalue weighted by molar-refractivity contribution is 7.87. The summed E-state index contributed by atoms with van der Waals surface area (Å²) < 4.78 is 35.3. The number of carbonyl (C=O) groups is 2. The molecule has 2 aromatic carbocycles. The molecule has 1 N–H and O–H groups in total. The highest BCUT2D eigenvalue weighted by Crippen LogP contribution is 2.22. The van der Waals surface area contributed by atoms with Crippen molar-refractivity contribution in [3.05, 3.63) is 54.1 Å². The molecule has 0 aliphatic rings. The fraction of sp³-hybridized carbons (Fsp3) is 0.333. The lowest BCUT2D eigenvalue weighted by Crippen LogP contribution is -2.38. The topological polar surface area (TPSA) is 102 Å². The van der Waals surface area contributed by atoms with Gasteiger partial charge < -0.3 is 19.1 Å². The van der Waals surface area contributed by atoms with Gasteiger partial charge in [0.1, 0.15) is 17.3 Å². The summed E-state index contributed by atoms with van der Waals surface area (Å²) in [6.45, 7) is 5.41. The fourth-order valence-electron chi connectivity index (χ4n) is 2.74. The molecule has 0 unspecified atom stereocenters. The van der Waals surface area contributed by atoms with Crippen LogP contribution in [0, 0.1) is 0 Å². The van der Waals surface area contributed by atoms with Gasteiger partial charge in [-0.25, -0.2) is 0 Å². The van der Waals surface area contributed by atoms with Crippen LogP contribution < -0.4 is 9.50 Å². The van der Waals surface area contributed by atoms with Crippen LogP contribution in [0.15, 0.2) is 53.4 Å². The number of nitrogens with zero attached hydrogens (tertiary/aromatic N) is 1. The molecule has 2 amide bonds. The average molecular weight is 435 g/mol. The Hall–Kier alpha value is -2.91. The van der Waals surface area contributed by atoms with Crippen molar-refractivity contribution in [3.8, 4) is 5.75 Å². The van der Waals surface area contributed by atoms with Gasteiger partial charge in [-0.2, -0.15) is 8.42 Å². The lowest BCUT2D eigenvalue weighted by molar-refractivity contribution is -0.137. The smallest absolute Gasteiger partial charge is 0.339 e. The molecule has 8 nitrogen and oxygen atoms in total. The number of rotatable bonds is 9. The SMILES string of the molecule is COCC(=O)N(Cc1cccc(OS(=O)(=O)c2ccc(NC(C)=O)cc2)c1)C(C)C. The molecular weight excluding hydrogens is 408 g/mol. The molecule has 0 atom stereocenters. The monoisotopic (exact) mass is 434 g/mol. The van der Waals surface area contributed by atoms with Crippen LogP contribution in [0.1, 0.15) is 26.3 Å². The number of benzene rings is 2. The Morgan fingerprint density at radius 2 is 1.77 bits per heavy atom. The maximum Gasteiger partial charge on any atom is 0.339 e. The predicted octanol–water partition coefficient (Wildman–Crippen LogP) is 2.80. The van der Waals surface area contributed by atoms with Gasteiger partial charge >= 0.3 is 10.1 Å². The van der Waals surface area contributed by atoms with Crippen LogP contribution in [-0.2, 0) is 31.0 Å². The number of anilines is 1. The van der Waals surface area contributed by atoms with Crippen molar-refractivity contribution in [3.63, 3.8) is 0 Å². The van der Waals surface area contributed by atoms with Crippen LogP contribution >= 0.6 is 0 Å². The van der Waals surface area contributed by atoms with Gasteiger partial charge in [0.05, 0.1) is 0 Å². The summed E-state index contributed by atoms with van der Waals surface area (Å²) >= 11 is 0. The molecule has 9 heteroatoms. The minimum Gasteiger partial charge on any atom is -0.379 e. The molecule has 162 valence electrons. The van der Waals surface area contributed by atoms with E-state index in [0.717, 1.165) is 5.56 Å². The number of hydrogen-bond donors (Lipinski definition) is 1. The number of carbonyl (C=O) groups excluding carboxylic acids is 2. The van der Waals surface area contributed by atoms with Gasteiger partial charge in [0.25, 0.3) is 0 Å². The third-order valence-electron chi connectivity index (χ3n) is 4.13. The quantitative estimate of drug-likeness (QED) is 0.609. The summed E-state index contributed by atoms with van der Waals surface area (Å²) in [6.07, 6.45) is 0. The fourth-order valence-corrected chi connectivity index (χ4v) is 3.66. The molecule has 0 saturated heterocycles. The molecule has 0 aromatic heterocycles. The molecule has 0 aliphatic carbocycles. The molecule has 0 radical (unpaired) electrons. The zero-order valence-corrected chi connectivity index (χ0v) is 18.2. The number of nitrogens with one attached hydrogen (secondary N) is 1. The van der Waals surface area contributed by atoms with E-state index in [1.165, 1.54) is 44.4 Å². The van der Waals surface area contributed by atoms with E-state index in [-0.39, 0.29) is 35.1 Å². The van der Waals surface area contributed by atoms with Gasteiger partial charge in [-0.1, -0.05) is 12.1 Å². The molecule has 0 saturated carbocycles. The van der Waals surface area contributed by atoms with E-state index in [1.807, 2.05) is 13.8 Å². The lowest BCUT2D eigenvalue weighted by Gasteiger charge is -2.26. The normalized spacial score (nSPS) is 11.2. The molecule has 0 aliphatic heterocycles. The van der Waals surface area contributed by atoms with E-state index in [1.54, 1.807) is 23.1 Å². The van der Waals surface area contributed by atoms with Gasteiger partial charge in [-0.3, -0.25) is 9.59 Å². The third kappa shape index (κ3) is 6.57. The lowest BCUT2D eigenvalue weighted by atomic mass is 10.2. The van der Waals surface area contributed by atoms with Crippen molar-refractivity contribution in [1.82, 2.24) is 4.90 Å². The number of hydrogen-bond acceptors (Lipinski definition) is 6. The van der Waals surface area contributed by atoms with Crippen molar-refractivity contribution in [2.45, 2.75) is 38.3 Å². The summed E-state index contributed by atoms with van der Waals surface area (Å²) in [5, 5.41) is 2.57. The maximum absolute atomic E-state index is 12.6. The largest absolute Gasteiger partial charge is 0.379 e. The molecule has 0 heterocycles. The van der Waals surface area contributed by atoms with Gasteiger partial charge in [0, 0.05) is 32.3 Å². The van der Waals surface area contributed by atoms with Crippen LogP contribution in [0.25, 0.3) is 0 Å². The first kappa shape index (κ1) is 23.4. The Morgan fingerprint density at radius 3 is 2.33 bits per heavy atom. The van der Waals surface area contributed by atoms with E-state index in [0.29, 0.717) is 12.2 Å². The van der Waals surface area contributed by atoms with E-state index in [9.17, 15) is 18.0 Å². The molecule has 2 rings (SSSR count). The summed E-state index contributed by atoms with van der Waals surface area (Å²) in [6, 6.07) is 12.2. The van der Waals surface area contributed by atoms with Crippen molar-refractivity contribution < 1.29 is 26.9 Å². The summed E-state index contributed by atoms with van der Waals surface area (Å²) in [5.41, 5.74) is 1.21. The number of amides is 2. The zero-order chi connectivity index (χ0) is 22.3. The van der Waals surface area contributed by atoms with Gasteiger partial charge in [-0.05, 0) is 55.8 Å². The van der Waals surface area contributed by atoms with E-state index in [4.69, 9.17) is 8.92 Å². The molecule has 0 bridgehead atoms. The molecule has 0 fully saturated rings. The Balaban J connectivity index is 2.17. The summed E-state index contributed by atoms with van der Waals surface area (Å²) in [7, 11) is -2.60. The Bertz CT molecular complexity index is 987. The Kier molecular flexibility index (Phi) is 7.96. The van der Waals surface area contributed by atoms with Gasteiger partial charge in [0.2, 0.25) is 11.8 Å². The second-order valence-electron chi connectivity index (χ2n) is 6.94. The van der Waals surface area contributed by atoms with Crippen molar-refractivity contribution in [2.24, 2.45) is 0 Å². The van der Waals surface area contributed by atoms with Crippen molar-refractivity contribution >= 4 is 27.6 Å². The van der Waals surface area contributed by atoms with E-state index >= 15 is 0 Å². The van der Waals surface area contributed by atoms with Crippen LogP contribution in [0.2, 0.25) is 0 Å². The third-order valence-corrected chi connectivity index (χ3v) is 5.39. The number of ether oxygens (including phenoxy) is 1. The average Bonchev–Trinajstić information content (AvgIpc) is 2.66. The molecule has 2 aromatic rings. The minimum absolute atomic E-state index is 0.0305. The highest BCUT2D eigenvalue weighted by atomic mass is 32.2. The van der Waals surface area contributed by atoms with Crippen molar-refractivity contribution in [1.29, 1.82) is 0 Å². The van der Waals surface area contributed by atoms with E-state index < -0.39 is 10.1 Å².